The van der Waals surface area contributed by atoms with Gasteiger partial charge in [0, 0.05) is 19.1 Å². The van der Waals surface area contributed by atoms with Gasteiger partial charge in [-0.05, 0) is 39.2 Å². The molecule has 3 atom stereocenters. The van der Waals surface area contributed by atoms with E-state index in [1.54, 1.807) is 0 Å². The molecule has 0 saturated heterocycles. The van der Waals surface area contributed by atoms with E-state index in [1.165, 1.54) is 25.7 Å². The molecule has 0 radical (unpaired) electrons. The Labute approximate surface area is 113 Å². The van der Waals surface area contributed by atoms with Crippen LogP contribution in [0, 0.1) is 17.8 Å². The van der Waals surface area contributed by atoms with E-state index in [0.717, 1.165) is 25.5 Å². The molecule has 1 fully saturated rings. The molecule has 1 saturated carbocycles. The third-order valence-electron chi connectivity index (χ3n) is 3.99. The zero-order valence-electron chi connectivity index (χ0n) is 12.5. The minimum atomic E-state index is 0.00623. The maximum atomic E-state index is 6.22. The molecule has 104 valence electrons. The van der Waals surface area contributed by atoms with Crippen LogP contribution in [0.3, 0.4) is 0 Å². The molecular formula is C16H29NO. The van der Waals surface area contributed by atoms with Crippen molar-refractivity contribution < 1.29 is 4.74 Å². The van der Waals surface area contributed by atoms with Gasteiger partial charge in [-0.3, -0.25) is 0 Å². The van der Waals surface area contributed by atoms with Crippen molar-refractivity contribution in [1.29, 1.82) is 0 Å². The highest BCUT2D eigenvalue weighted by Gasteiger charge is 2.41. The molecule has 2 heteroatoms. The highest BCUT2D eigenvalue weighted by molar-refractivity contribution is 5.05. The molecule has 2 nitrogen and oxygen atoms in total. The van der Waals surface area contributed by atoms with Gasteiger partial charge >= 0.3 is 0 Å². The normalized spacial score (nSPS) is 29.4. The summed E-state index contributed by atoms with van der Waals surface area (Å²) in [4.78, 5) is 0. The van der Waals surface area contributed by atoms with Gasteiger partial charge in [0.25, 0.3) is 0 Å². The lowest BCUT2D eigenvalue weighted by atomic mass is 9.73. The first-order valence-electron chi connectivity index (χ1n) is 7.45. The Bertz CT molecular complexity index is 287. The lowest BCUT2D eigenvalue weighted by Gasteiger charge is -2.45. The zero-order valence-corrected chi connectivity index (χ0v) is 12.5. The molecular weight excluding hydrogens is 222 g/mol. The molecule has 0 heterocycles. The standard InChI is InChI=1S/C16H29NO/c1-5-8-11-15(17-6-2)16(18-7-3)12-9-10-14(4)13-16/h14-15,17H,6-7,9-13H2,1-4H3. The molecule has 1 aliphatic rings. The quantitative estimate of drug-likeness (QED) is 0.731. The first-order valence-corrected chi connectivity index (χ1v) is 7.45. The molecule has 0 spiro atoms. The molecule has 0 bridgehead atoms. The SMILES string of the molecule is CC#CCC(NCC)C1(OCC)CCCC(C)C1. The van der Waals surface area contributed by atoms with E-state index in [2.05, 4.69) is 37.9 Å². The maximum Gasteiger partial charge on any atom is 0.0846 e. The van der Waals surface area contributed by atoms with Gasteiger partial charge in [0.15, 0.2) is 0 Å². The summed E-state index contributed by atoms with van der Waals surface area (Å²) in [5.74, 6) is 7.02. The maximum absolute atomic E-state index is 6.22. The summed E-state index contributed by atoms with van der Waals surface area (Å²) >= 11 is 0. The highest BCUT2D eigenvalue weighted by atomic mass is 16.5. The van der Waals surface area contributed by atoms with E-state index in [0.29, 0.717) is 6.04 Å². The van der Waals surface area contributed by atoms with Crippen LogP contribution in [0.15, 0.2) is 0 Å². The molecule has 1 rings (SSSR count). The van der Waals surface area contributed by atoms with Gasteiger partial charge < -0.3 is 10.1 Å². The van der Waals surface area contributed by atoms with Crippen molar-refractivity contribution >= 4 is 0 Å². The fourth-order valence-corrected chi connectivity index (χ4v) is 3.27. The average Bonchev–Trinajstić information content (AvgIpc) is 2.34. The molecule has 0 aromatic carbocycles. The molecule has 1 N–H and O–H groups in total. The summed E-state index contributed by atoms with van der Waals surface area (Å²) < 4.78 is 6.22. The van der Waals surface area contributed by atoms with Crippen LogP contribution in [0.2, 0.25) is 0 Å². The first kappa shape index (κ1) is 15.5. The van der Waals surface area contributed by atoms with Gasteiger partial charge in [-0.2, -0.15) is 0 Å². The van der Waals surface area contributed by atoms with Gasteiger partial charge in [-0.1, -0.05) is 26.7 Å². The lowest BCUT2D eigenvalue weighted by Crippen LogP contribution is -2.54. The minimum absolute atomic E-state index is 0.00623. The van der Waals surface area contributed by atoms with Crippen molar-refractivity contribution in [3.8, 4) is 11.8 Å². The van der Waals surface area contributed by atoms with Gasteiger partial charge in [-0.25, -0.2) is 0 Å². The summed E-state index contributed by atoms with van der Waals surface area (Å²) in [6, 6.07) is 0.373. The predicted molar refractivity (Wildman–Crippen MR) is 77.5 cm³/mol. The molecule has 1 aliphatic carbocycles. The second-order valence-electron chi connectivity index (χ2n) is 5.44. The smallest absolute Gasteiger partial charge is 0.0846 e. The minimum Gasteiger partial charge on any atom is -0.374 e. The van der Waals surface area contributed by atoms with Crippen LogP contribution in [-0.2, 0) is 4.74 Å². The molecule has 3 unspecified atom stereocenters. The number of rotatable bonds is 6. The molecule has 18 heavy (non-hydrogen) atoms. The summed E-state index contributed by atoms with van der Waals surface area (Å²) in [6.07, 6.45) is 5.87. The van der Waals surface area contributed by atoms with Crippen molar-refractivity contribution in [2.75, 3.05) is 13.2 Å². The van der Waals surface area contributed by atoms with E-state index < -0.39 is 0 Å². The predicted octanol–water partition coefficient (Wildman–Crippen LogP) is 3.36. The number of hydrogen-bond acceptors (Lipinski definition) is 2. The Morgan fingerprint density at radius 1 is 1.44 bits per heavy atom. The second-order valence-corrected chi connectivity index (χ2v) is 5.44. The highest BCUT2D eigenvalue weighted by Crippen LogP contribution is 2.38. The van der Waals surface area contributed by atoms with Crippen molar-refractivity contribution in [2.24, 2.45) is 5.92 Å². The van der Waals surface area contributed by atoms with Crippen molar-refractivity contribution in [3.05, 3.63) is 0 Å². The van der Waals surface area contributed by atoms with Crippen LogP contribution >= 0.6 is 0 Å². The van der Waals surface area contributed by atoms with Gasteiger partial charge in [0.1, 0.15) is 0 Å². The molecule has 0 aromatic heterocycles. The second kappa shape index (κ2) is 7.81. The van der Waals surface area contributed by atoms with Crippen LogP contribution in [0.25, 0.3) is 0 Å². The Hall–Kier alpha value is -0.520. The summed E-state index contributed by atoms with van der Waals surface area (Å²) in [7, 11) is 0. The number of likely N-dealkylation sites (N-methyl/N-ethyl adjacent to an activating group) is 1. The van der Waals surface area contributed by atoms with Crippen LogP contribution in [0.5, 0.6) is 0 Å². The van der Waals surface area contributed by atoms with E-state index in [1.807, 2.05) is 6.92 Å². The Balaban J connectivity index is 2.84. The largest absolute Gasteiger partial charge is 0.374 e. The van der Waals surface area contributed by atoms with Gasteiger partial charge in [0.05, 0.1) is 5.60 Å². The van der Waals surface area contributed by atoms with Crippen molar-refractivity contribution in [2.45, 2.75) is 71.4 Å². The van der Waals surface area contributed by atoms with Crippen LogP contribution in [0.1, 0.15) is 59.8 Å². The summed E-state index contributed by atoms with van der Waals surface area (Å²) in [5, 5.41) is 3.61. The monoisotopic (exact) mass is 251 g/mol. The zero-order chi connectivity index (χ0) is 13.4. The number of ether oxygens (including phenoxy) is 1. The average molecular weight is 251 g/mol. The third-order valence-corrected chi connectivity index (χ3v) is 3.99. The van der Waals surface area contributed by atoms with E-state index in [4.69, 9.17) is 4.74 Å². The van der Waals surface area contributed by atoms with Crippen LogP contribution in [-0.4, -0.2) is 24.8 Å². The topological polar surface area (TPSA) is 21.3 Å². The molecule has 0 amide bonds. The van der Waals surface area contributed by atoms with E-state index in [9.17, 15) is 0 Å². The summed E-state index contributed by atoms with van der Waals surface area (Å²) in [6.45, 7) is 10.3. The molecule has 0 aromatic rings. The first-order chi connectivity index (χ1) is 8.68. The Morgan fingerprint density at radius 3 is 2.78 bits per heavy atom. The fraction of sp³-hybridized carbons (Fsp3) is 0.875. The third kappa shape index (κ3) is 4.00. The van der Waals surface area contributed by atoms with Gasteiger partial charge in [-0.15, -0.1) is 11.8 Å². The van der Waals surface area contributed by atoms with Crippen molar-refractivity contribution in [3.63, 3.8) is 0 Å². The van der Waals surface area contributed by atoms with E-state index >= 15 is 0 Å². The van der Waals surface area contributed by atoms with Gasteiger partial charge in [0.2, 0.25) is 0 Å². The van der Waals surface area contributed by atoms with Crippen molar-refractivity contribution in [1.82, 2.24) is 5.32 Å². The Morgan fingerprint density at radius 2 is 2.22 bits per heavy atom. The fourth-order valence-electron chi connectivity index (χ4n) is 3.27. The van der Waals surface area contributed by atoms with E-state index in [-0.39, 0.29) is 5.60 Å². The number of nitrogens with one attached hydrogen (secondary N) is 1. The van der Waals surface area contributed by atoms with Crippen LogP contribution < -0.4 is 5.32 Å². The summed E-state index contributed by atoms with van der Waals surface area (Å²) in [5.41, 5.74) is 0.00623. The lowest BCUT2D eigenvalue weighted by molar-refractivity contribution is -0.0989. The number of hydrogen-bond donors (Lipinski definition) is 1. The van der Waals surface area contributed by atoms with Crippen LogP contribution in [0.4, 0.5) is 0 Å². The molecule has 0 aliphatic heterocycles. The Kier molecular flexibility index (Phi) is 6.75.